The lowest BCUT2D eigenvalue weighted by atomic mass is 10.1. The molecule has 2 rings (SSSR count). The van der Waals surface area contributed by atoms with Gasteiger partial charge in [-0.1, -0.05) is 19.0 Å². The smallest absolute Gasteiger partial charge is 0.252 e. The van der Waals surface area contributed by atoms with E-state index >= 15 is 0 Å². The van der Waals surface area contributed by atoms with E-state index in [1.807, 2.05) is 25.3 Å². The number of nitrogens with zero attached hydrogens (tertiary/aromatic N) is 1. The van der Waals surface area contributed by atoms with Crippen molar-refractivity contribution in [2.45, 2.75) is 32.9 Å². The topological polar surface area (TPSA) is 64.4 Å². The van der Waals surface area contributed by atoms with Crippen molar-refractivity contribution in [2.24, 2.45) is 0 Å². The maximum absolute atomic E-state index is 12.1. The summed E-state index contributed by atoms with van der Waals surface area (Å²) >= 11 is 1.51. The molecule has 1 N–H and O–H groups in total. The van der Waals surface area contributed by atoms with Gasteiger partial charge in [0.25, 0.3) is 5.91 Å². The van der Waals surface area contributed by atoms with Crippen LogP contribution in [0.15, 0.2) is 22.0 Å². The van der Waals surface area contributed by atoms with Crippen LogP contribution in [0.2, 0.25) is 0 Å². The van der Waals surface area contributed by atoms with Gasteiger partial charge in [-0.25, -0.2) is 0 Å². The number of hydrogen-bond donors (Lipinski definition) is 1. The Bertz CT molecular complexity index is 574. The third-order valence-corrected chi connectivity index (χ3v) is 3.75. The Morgan fingerprint density at radius 2 is 2.35 bits per heavy atom. The molecular formula is C14H18N2O3S. The van der Waals surface area contributed by atoms with Crippen LogP contribution >= 0.6 is 11.3 Å². The number of thiophene rings is 1. The molecule has 0 saturated carbocycles. The quantitative estimate of drug-likeness (QED) is 0.889. The number of nitrogens with one attached hydrogen (secondary N) is 1. The molecule has 0 aliphatic carbocycles. The first kappa shape index (κ1) is 14.7. The van der Waals surface area contributed by atoms with Crippen molar-refractivity contribution in [1.29, 1.82) is 0 Å². The number of hydrogen-bond acceptors (Lipinski definition) is 5. The molecule has 0 atom stereocenters. The van der Waals surface area contributed by atoms with Gasteiger partial charge in [0.15, 0.2) is 5.76 Å². The first-order valence-corrected chi connectivity index (χ1v) is 7.28. The summed E-state index contributed by atoms with van der Waals surface area (Å²) in [7, 11) is 1.61. The molecule has 5 nitrogen and oxygen atoms in total. The molecule has 6 heteroatoms. The predicted octanol–water partition coefficient (Wildman–Crippen LogP) is 2.94. The second kappa shape index (κ2) is 6.67. The third-order valence-electron chi connectivity index (χ3n) is 2.86. The van der Waals surface area contributed by atoms with Crippen LogP contribution in [0.3, 0.4) is 0 Å². The second-order valence-corrected chi connectivity index (χ2v) is 5.75. The van der Waals surface area contributed by atoms with Gasteiger partial charge in [-0.15, -0.1) is 11.3 Å². The number of aromatic nitrogens is 1. The summed E-state index contributed by atoms with van der Waals surface area (Å²) in [6.07, 6.45) is 0. The van der Waals surface area contributed by atoms with Gasteiger partial charge in [0.1, 0.15) is 0 Å². The summed E-state index contributed by atoms with van der Waals surface area (Å²) in [5.74, 6) is 0.847. The van der Waals surface area contributed by atoms with E-state index in [1.165, 1.54) is 11.3 Å². The van der Waals surface area contributed by atoms with Crippen molar-refractivity contribution in [1.82, 2.24) is 10.5 Å². The molecule has 0 aromatic carbocycles. The van der Waals surface area contributed by atoms with Crippen LogP contribution in [0, 0.1) is 0 Å². The van der Waals surface area contributed by atoms with Crippen molar-refractivity contribution in [2.75, 3.05) is 7.11 Å². The average molecular weight is 294 g/mol. The van der Waals surface area contributed by atoms with Gasteiger partial charge in [0.2, 0.25) is 0 Å². The van der Waals surface area contributed by atoms with Crippen LogP contribution in [0.5, 0.6) is 0 Å². The summed E-state index contributed by atoms with van der Waals surface area (Å²) in [4.78, 5) is 13.0. The maximum atomic E-state index is 12.1. The monoisotopic (exact) mass is 294 g/mol. The van der Waals surface area contributed by atoms with Gasteiger partial charge >= 0.3 is 0 Å². The number of amides is 1. The van der Waals surface area contributed by atoms with Gasteiger partial charge in [0, 0.05) is 18.1 Å². The van der Waals surface area contributed by atoms with Crippen molar-refractivity contribution >= 4 is 17.2 Å². The Morgan fingerprint density at radius 3 is 3.00 bits per heavy atom. The molecule has 20 heavy (non-hydrogen) atoms. The minimum absolute atomic E-state index is 0.124. The molecule has 0 bridgehead atoms. The first-order chi connectivity index (χ1) is 9.61. The molecule has 0 spiro atoms. The number of carbonyl (C=O) groups excluding carboxylic acids is 1. The predicted molar refractivity (Wildman–Crippen MR) is 76.8 cm³/mol. The largest absolute Gasteiger partial charge is 0.379 e. The lowest BCUT2D eigenvalue weighted by Crippen LogP contribution is -2.23. The molecule has 1 amide bonds. The third kappa shape index (κ3) is 3.46. The van der Waals surface area contributed by atoms with Gasteiger partial charge in [-0.05, 0) is 17.4 Å². The normalized spacial score (nSPS) is 11.0. The fraction of sp³-hybridized carbons (Fsp3) is 0.429. The molecule has 2 aromatic heterocycles. The van der Waals surface area contributed by atoms with Gasteiger partial charge in [0.05, 0.1) is 24.4 Å². The fourth-order valence-electron chi connectivity index (χ4n) is 1.73. The molecule has 0 aliphatic heterocycles. The summed E-state index contributed by atoms with van der Waals surface area (Å²) < 4.78 is 10.3. The van der Waals surface area contributed by atoms with Crippen LogP contribution in [0.25, 0.3) is 0 Å². The zero-order chi connectivity index (χ0) is 14.5. The molecule has 0 saturated heterocycles. The van der Waals surface area contributed by atoms with Crippen molar-refractivity contribution < 1.29 is 14.1 Å². The number of carbonyl (C=O) groups is 1. The minimum Gasteiger partial charge on any atom is -0.379 e. The van der Waals surface area contributed by atoms with Crippen molar-refractivity contribution in [3.05, 3.63) is 39.4 Å². The minimum atomic E-state index is -0.124. The Morgan fingerprint density at radius 1 is 1.55 bits per heavy atom. The number of methoxy groups -OCH3 is 1. The van der Waals surface area contributed by atoms with Crippen LogP contribution in [0.1, 0.15) is 46.5 Å². The number of rotatable bonds is 6. The molecule has 0 fully saturated rings. The molecular weight excluding hydrogens is 276 g/mol. The average Bonchev–Trinajstić information content (AvgIpc) is 3.05. The second-order valence-electron chi connectivity index (χ2n) is 4.75. The molecule has 0 radical (unpaired) electrons. The van der Waals surface area contributed by atoms with Crippen molar-refractivity contribution in [3.8, 4) is 0 Å². The lowest BCUT2D eigenvalue weighted by Gasteiger charge is -2.03. The summed E-state index contributed by atoms with van der Waals surface area (Å²) in [6.45, 7) is 4.87. The van der Waals surface area contributed by atoms with Crippen LogP contribution in [-0.2, 0) is 17.9 Å². The zero-order valence-electron chi connectivity index (χ0n) is 11.8. The highest BCUT2D eigenvalue weighted by atomic mass is 32.1. The molecule has 0 aliphatic rings. The highest BCUT2D eigenvalue weighted by Gasteiger charge is 2.14. The SMILES string of the molecule is COCc1sccc1C(=O)NCc1cc(C(C)C)no1. The van der Waals surface area contributed by atoms with Gasteiger partial charge in [-0.2, -0.15) is 0 Å². The van der Waals surface area contributed by atoms with E-state index in [9.17, 15) is 4.79 Å². The lowest BCUT2D eigenvalue weighted by molar-refractivity contribution is 0.0943. The van der Waals surface area contributed by atoms with Gasteiger partial charge in [-0.3, -0.25) is 4.79 Å². The van der Waals surface area contributed by atoms with Gasteiger partial charge < -0.3 is 14.6 Å². The highest BCUT2D eigenvalue weighted by Crippen LogP contribution is 2.18. The van der Waals surface area contributed by atoms with E-state index in [0.29, 0.717) is 30.4 Å². The molecule has 2 aromatic rings. The first-order valence-electron chi connectivity index (χ1n) is 6.40. The molecule has 2 heterocycles. The zero-order valence-corrected chi connectivity index (χ0v) is 12.6. The van der Waals surface area contributed by atoms with E-state index in [0.717, 1.165) is 10.6 Å². The van der Waals surface area contributed by atoms with E-state index in [2.05, 4.69) is 10.5 Å². The van der Waals surface area contributed by atoms with Crippen LogP contribution in [0.4, 0.5) is 0 Å². The number of ether oxygens (including phenoxy) is 1. The fourth-order valence-corrected chi connectivity index (χ4v) is 2.57. The summed E-state index contributed by atoms with van der Waals surface area (Å²) in [5, 5.41) is 8.67. The molecule has 0 unspecified atom stereocenters. The van der Waals surface area contributed by atoms with Crippen molar-refractivity contribution in [3.63, 3.8) is 0 Å². The maximum Gasteiger partial charge on any atom is 0.252 e. The summed E-state index contributed by atoms with van der Waals surface area (Å²) in [6, 6.07) is 3.67. The van der Waals surface area contributed by atoms with E-state index in [-0.39, 0.29) is 5.91 Å². The van der Waals surface area contributed by atoms with E-state index in [4.69, 9.17) is 9.26 Å². The highest BCUT2D eigenvalue weighted by molar-refractivity contribution is 7.10. The summed E-state index contributed by atoms with van der Waals surface area (Å²) in [5.41, 5.74) is 1.55. The Kier molecular flexibility index (Phi) is 4.92. The Labute approximate surface area is 121 Å². The van der Waals surface area contributed by atoms with Crippen LogP contribution < -0.4 is 5.32 Å². The van der Waals surface area contributed by atoms with Crippen LogP contribution in [-0.4, -0.2) is 18.2 Å². The Balaban J connectivity index is 1.95. The molecule has 108 valence electrons. The Hall–Kier alpha value is -1.66. The van der Waals surface area contributed by atoms with E-state index < -0.39 is 0 Å². The van der Waals surface area contributed by atoms with E-state index in [1.54, 1.807) is 13.2 Å². The standard InChI is InChI=1S/C14H18N2O3S/c1-9(2)12-6-10(19-16-12)7-15-14(17)11-4-5-20-13(11)8-18-3/h4-6,9H,7-8H2,1-3H3,(H,15,17).